The summed E-state index contributed by atoms with van der Waals surface area (Å²) in [7, 11) is 0. The van der Waals surface area contributed by atoms with Gasteiger partial charge in [0.15, 0.2) is 0 Å². The fourth-order valence-corrected chi connectivity index (χ4v) is 1.69. The molecule has 0 heterocycles. The summed E-state index contributed by atoms with van der Waals surface area (Å²) >= 11 is 6.78. The summed E-state index contributed by atoms with van der Waals surface area (Å²) in [6.07, 6.45) is 0. The highest BCUT2D eigenvalue weighted by molar-refractivity contribution is 14.1. The third kappa shape index (κ3) is 3.35. The van der Waals surface area contributed by atoms with Crippen LogP contribution in [-0.2, 0) is 4.79 Å². The number of nitrogens with one attached hydrogen (secondary N) is 1. The molecule has 3 nitrogen and oxygen atoms in total. The Balaban J connectivity index is 2.92. The molecule has 0 aliphatic rings. The first kappa shape index (κ1) is 14.3. The van der Waals surface area contributed by atoms with Crippen LogP contribution < -0.4 is 11.1 Å². The fraction of sp³-hybridized carbons (Fsp3) is 0.273. The smallest absolute Gasteiger partial charge is 0.236 e. The normalized spacial score (nSPS) is 11.1. The average Bonchev–Trinajstić information content (AvgIpc) is 2.21. The van der Waals surface area contributed by atoms with Crippen LogP contribution in [0, 0.1) is 14.8 Å². The number of nitrogens with two attached hydrogens (primary N) is 1. The molecule has 0 saturated carbocycles. The average molecular weight is 366 g/mol. The van der Waals surface area contributed by atoms with Gasteiger partial charge in [-0.2, -0.15) is 0 Å². The number of amides is 1. The third-order valence-electron chi connectivity index (χ3n) is 2.36. The molecule has 1 rings (SSSR count). The molecule has 1 aromatic carbocycles. The van der Waals surface area contributed by atoms with E-state index in [-0.39, 0.29) is 16.7 Å². The highest BCUT2D eigenvalue weighted by Gasteiger charge is 2.31. The first-order valence-corrected chi connectivity index (χ1v) is 6.30. The van der Waals surface area contributed by atoms with E-state index in [4.69, 9.17) is 18.0 Å². The lowest BCUT2D eigenvalue weighted by Crippen LogP contribution is -2.41. The Labute approximate surface area is 118 Å². The van der Waals surface area contributed by atoms with Crippen molar-refractivity contribution in [1.29, 1.82) is 0 Å². The molecule has 0 aromatic heterocycles. The van der Waals surface area contributed by atoms with Gasteiger partial charge in [0.2, 0.25) is 5.91 Å². The summed E-state index contributed by atoms with van der Waals surface area (Å²) in [5.74, 6) is -0.657. The molecule has 0 bridgehead atoms. The zero-order chi connectivity index (χ0) is 13.2. The number of benzene rings is 1. The second-order valence-electron chi connectivity index (χ2n) is 4.07. The molecule has 0 atom stereocenters. The summed E-state index contributed by atoms with van der Waals surface area (Å²) in [4.78, 5) is 12.1. The lowest BCUT2D eigenvalue weighted by Gasteiger charge is -2.22. The van der Waals surface area contributed by atoms with E-state index in [1.54, 1.807) is 13.8 Å². The number of carbonyl (C=O) groups is 1. The number of hydrogen-bond acceptors (Lipinski definition) is 2. The molecule has 0 radical (unpaired) electrons. The molecule has 0 aliphatic carbocycles. The van der Waals surface area contributed by atoms with Crippen LogP contribution in [0.2, 0.25) is 0 Å². The van der Waals surface area contributed by atoms with Gasteiger partial charge in [-0.05, 0) is 54.6 Å². The predicted molar refractivity (Wildman–Crippen MR) is 78.3 cm³/mol. The Bertz CT molecular complexity index is 477. The van der Waals surface area contributed by atoms with Crippen LogP contribution in [0.3, 0.4) is 0 Å². The molecule has 0 unspecified atom stereocenters. The van der Waals surface area contributed by atoms with E-state index in [9.17, 15) is 9.18 Å². The van der Waals surface area contributed by atoms with Crippen molar-refractivity contribution >= 4 is 51.4 Å². The maximum atomic E-state index is 12.9. The maximum absolute atomic E-state index is 12.9. The van der Waals surface area contributed by atoms with Gasteiger partial charge in [-0.1, -0.05) is 12.2 Å². The van der Waals surface area contributed by atoms with Crippen LogP contribution in [0.25, 0.3) is 0 Å². The SMILES string of the molecule is CC(C)(C(=O)Nc1ccc(F)cc1I)C(N)=S. The second kappa shape index (κ2) is 5.26. The van der Waals surface area contributed by atoms with Crippen LogP contribution in [0.15, 0.2) is 18.2 Å². The Morgan fingerprint density at radius 2 is 2.12 bits per heavy atom. The topological polar surface area (TPSA) is 55.1 Å². The van der Waals surface area contributed by atoms with Crippen LogP contribution in [0.5, 0.6) is 0 Å². The second-order valence-corrected chi connectivity index (χ2v) is 5.67. The van der Waals surface area contributed by atoms with Crippen molar-refractivity contribution in [3.05, 3.63) is 27.6 Å². The largest absolute Gasteiger partial charge is 0.392 e. The van der Waals surface area contributed by atoms with Gasteiger partial charge in [-0.25, -0.2) is 4.39 Å². The molecule has 0 aliphatic heterocycles. The van der Waals surface area contributed by atoms with E-state index < -0.39 is 5.41 Å². The molecular formula is C11H12FIN2OS. The van der Waals surface area contributed by atoms with E-state index in [1.807, 2.05) is 22.6 Å². The van der Waals surface area contributed by atoms with Crippen LogP contribution in [-0.4, -0.2) is 10.9 Å². The number of anilines is 1. The lowest BCUT2D eigenvalue weighted by molar-refractivity contribution is -0.121. The maximum Gasteiger partial charge on any atom is 0.236 e. The Kier molecular flexibility index (Phi) is 4.42. The molecular weight excluding hydrogens is 354 g/mol. The monoisotopic (exact) mass is 366 g/mol. The first-order chi connectivity index (χ1) is 7.75. The number of carbonyl (C=O) groups excluding carboxylic acids is 1. The summed E-state index contributed by atoms with van der Waals surface area (Å²) in [5, 5.41) is 2.68. The Morgan fingerprint density at radius 3 is 2.59 bits per heavy atom. The van der Waals surface area contributed by atoms with Gasteiger partial charge in [0.1, 0.15) is 5.82 Å². The number of thiocarbonyl (C=S) groups is 1. The zero-order valence-electron chi connectivity index (χ0n) is 9.38. The van der Waals surface area contributed by atoms with Crippen molar-refractivity contribution in [3.63, 3.8) is 0 Å². The van der Waals surface area contributed by atoms with Crippen molar-refractivity contribution in [2.24, 2.45) is 11.1 Å². The Morgan fingerprint density at radius 1 is 1.53 bits per heavy atom. The minimum atomic E-state index is -0.938. The third-order valence-corrected chi connectivity index (χ3v) is 3.77. The van der Waals surface area contributed by atoms with Gasteiger partial charge < -0.3 is 11.1 Å². The van der Waals surface area contributed by atoms with E-state index >= 15 is 0 Å². The van der Waals surface area contributed by atoms with Crippen LogP contribution in [0.4, 0.5) is 10.1 Å². The van der Waals surface area contributed by atoms with Gasteiger partial charge in [0.05, 0.1) is 16.1 Å². The lowest BCUT2D eigenvalue weighted by atomic mass is 9.92. The molecule has 1 aromatic rings. The van der Waals surface area contributed by atoms with Crippen LogP contribution >= 0.6 is 34.8 Å². The zero-order valence-corrected chi connectivity index (χ0v) is 12.4. The van der Waals surface area contributed by atoms with Gasteiger partial charge in [0, 0.05) is 3.57 Å². The van der Waals surface area contributed by atoms with Crippen LogP contribution in [0.1, 0.15) is 13.8 Å². The van der Waals surface area contributed by atoms with E-state index in [0.717, 1.165) is 0 Å². The number of hydrogen-bond donors (Lipinski definition) is 2. The summed E-state index contributed by atoms with van der Waals surface area (Å²) in [5.41, 5.74) is 5.10. The van der Waals surface area contributed by atoms with Crippen molar-refractivity contribution in [3.8, 4) is 0 Å². The molecule has 0 spiro atoms. The molecule has 6 heteroatoms. The Hall–Kier alpha value is -0.760. The molecule has 0 fully saturated rings. The van der Waals surface area contributed by atoms with Crippen molar-refractivity contribution in [2.75, 3.05) is 5.32 Å². The molecule has 0 saturated heterocycles. The van der Waals surface area contributed by atoms with Gasteiger partial charge in [-0.3, -0.25) is 4.79 Å². The van der Waals surface area contributed by atoms with Gasteiger partial charge in [0.25, 0.3) is 0 Å². The quantitative estimate of drug-likeness (QED) is 0.639. The minimum Gasteiger partial charge on any atom is -0.392 e. The molecule has 92 valence electrons. The highest BCUT2D eigenvalue weighted by atomic mass is 127. The first-order valence-electron chi connectivity index (χ1n) is 4.81. The van der Waals surface area contributed by atoms with Gasteiger partial charge >= 0.3 is 0 Å². The number of halogens is 2. The number of rotatable bonds is 3. The predicted octanol–water partition coefficient (Wildman–Crippen LogP) is 2.68. The van der Waals surface area contributed by atoms with Gasteiger partial charge in [-0.15, -0.1) is 0 Å². The summed E-state index contributed by atoms with van der Waals surface area (Å²) in [6, 6.07) is 4.13. The van der Waals surface area contributed by atoms with E-state index in [2.05, 4.69) is 5.32 Å². The summed E-state index contributed by atoms with van der Waals surface area (Å²) in [6.45, 7) is 3.28. The molecule has 3 N–H and O–H groups in total. The van der Waals surface area contributed by atoms with E-state index in [0.29, 0.717) is 9.26 Å². The summed E-state index contributed by atoms with van der Waals surface area (Å²) < 4.78 is 13.5. The van der Waals surface area contributed by atoms with Crippen molar-refractivity contribution in [2.45, 2.75) is 13.8 Å². The molecule has 17 heavy (non-hydrogen) atoms. The minimum absolute atomic E-state index is 0.118. The fourth-order valence-electron chi connectivity index (χ4n) is 0.981. The van der Waals surface area contributed by atoms with E-state index in [1.165, 1.54) is 18.2 Å². The highest BCUT2D eigenvalue weighted by Crippen LogP contribution is 2.23. The van der Waals surface area contributed by atoms with Crippen molar-refractivity contribution in [1.82, 2.24) is 0 Å². The standard InChI is InChI=1S/C11H12FIN2OS/c1-11(2,9(14)17)10(16)15-8-4-3-6(12)5-7(8)13/h3-5H,1-2H3,(H2,14,17)(H,15,16). The van der Waals surface area contributed by atoms with Crippen molar-refractivity contribution < 1.29 is 9.18 Å². The molecule has 1 amide bonds.